The Hall–Kier alpha value is -1.39. The molecule has 1 heterocycles. The van der Waals surface area contributed by atoms with Crippen LogP contribution in [-0.4, -0.2) is 28.5 Å². The van der Waals surface area contributed by atoms with Crippen LogP contribution in [0.4, 0.5) is 0 Å². The van der Waals surface area contributed by atoms with Crippen molar-refractivity contribution in [2.45, 2.75) is 50.2 Å². The van der Waals surface area contributed by atoms with Gasteiger partial charge >= 0.3 is 0 Å². The number of hydrogen-bond acceptors (Lipinski definition) is 3. The van der Waals surface area contributed by atoms with Gasteiger partial charge in [0.25, 0.3) is 0 Å². The van der Waals surface area contributed by atoms with E-state index in [2.05, 4.69) is 23.3 Å². The Balaban J connectivity index is 1.87. The molecule has 0 amide bonds. The van der Waals surface area contributed by atoms with Crippen LogP contribution in [0.1, 0.15) is 37.8 Å². The third-order valence-corrected chi connectivity index (χ3v) is 5.03. The van der Waals surface area contributed by atoms with Crippen LogP contribution in [-0.2, 0) is 18.2 Å². The highest BCUT2D eigenvalue weighted by atomic mass is 16.5. The van der Waals surface area contributed by atoms with Gasteiger partial charge in [-0.25, -0.2) is 0 Å². The first-order chi connectivity index (χ1) is 10.2. The highest BCUT2D eigenvalue weighted by Gasteiger charge is 2.38. The van der Waals surface area contributed by atoms with Crippen LogP contribution >= 0.6 is 0 Å². The highest BCUT2D eigenvalue weighted by Crippen LogP contribution is 2.35. The van der Waals surface area contributed by atoms with E-state index in [1.54, 1.807) is 0 Å². The molecule has 1 aromatic heterocycles. The lowest BCUT2D eigenvalue weighted by Crippen LogP contribution is -2.52. The number of aryl methyl sites for hydroxylation is 1. The van der Waals surface area contributed by atoms with Gasteiger partial charge in [-0.1, -0.05) is 37.5 Å². The molecule has 0 saturated heterocycles. The van der Waals surface area contributed by atoms with Crippen molar-refractivity contribution in [2.24, 2.45) is 12.8 Å². The fourth-order valence-electron chi connectivity index (χ4n) is 3.71. The van der Waals surface area contributed by atoms with E-state index in [0.29, 0.717) is 0 Å². The van der Waals surface area contributed by atoms with Crippen molar-refractivity contribution in [3.8, 4) is 0 Å². The van der Waals surface area contributed by atoms with Crippen molar-refractivity contribution >= 4 is 10.9 Å². The summed E-state index contributed by atoms with van der Waals surface area (Å²) < 4.78 is 7.81. The molecule has 1 saturated carbocycles. The van der Waals surface area contributed by atoms with Crippen LogP contribution in [0.2, 0.25) is 0 Å². The van der Waals surface area contributed by atoms with Gasteiger partial charge in [0.15, 0.2) is 0 Å². The van der Waals surface area contributed by atoms with E-state index >= 15 is 0 Å². The molecule has 0 bridgehead atoms. The summed E-state index contributed by atoms with van der Waals surface area (Å²) >= 11 is 0. The molecule has 2 aromatic rings. The van der Waals surface area contributed by atoms with E-state index < -0.39 is 0 Å². The molecular formula is C17H25N3O. The van der Waals surface area contributed by atoms with Crippen LogP contribution in [0.25, 0.3) is 10.9 Å². The van der Waals surface area contributed by atoms with Crippen molar-refractivity contribution in [1.82, 2.24) is 9.78 Å². The van der Waals surface area contributed by atoms with Crippen LogP contribution in [0.3, 0.4) is 0 Å². The number of methoxy groups -OCH3 is 1. The zero-order valence-corrected chi connectivity index (χ0v) is 13.0. The standard InChI is InChI=1S/C17H25N3O/c1-20-15-9-5-4-8-13(15)14(19-20)12-16(18)17(21-2)10-6-3-7-11-17/h4-5,8-9,16H,3,6-7,10-12,18H2,1-2H3. The highest BCUT2D eigenvalue weighted by molar-refractivity contribution is 5.81. The summed E-state index contributed by atoms with van der Waals surface area (Å²) in [7, 11) is 3.80. The number of fused-ring (bicyclic) bond motifs is 1. The monoisotopic (exact) mass is 287 g/mol. The fraction of sp³-hybridized carbons (Fsp3) is 0.588. The number of hydrogen-bond donors (Lipinski definition) is 1. The molecular weight excluding hydrogens is 262 g/mol. The Kier molecular flexibility index (Phi) is 4.00. The van der Waals surface area contributed by atoms with Crippen molar-refractivity contribution in [3.63, 3.8) is 0 Å². The van der Waals surface area contributed by atoms with Gasteiger partial charge in [-0.05, 0) is 18.9 Å². The van der Waals surface area contributed by atoms with Gasteiger partial charge in [-0.2, -0.15) is 5.10 Å². The SMILES string of the molecule is COC1(C(N)Cc2nn(C)c3ccccc23)CCCCC1. The zero-order chi connectivity index (χ0) is 14.9. The van der Waals surface area contributed by atoms with E-state index in [9.17, 15) is 0 Å². The molecule has 0 spiro atoms. The summed E-state index contributed by atoms with van der Waals surface area (Å²) in [5.74, 6) is 0. The molecule has 1 aliphatic carbocycles. The second kappa shape index (κ2) is 5.78. The van der Waals surface area contributed by atoms with Crippen molar-refractivity contribution in [3.05, 3.63) is 30.0 Å². The molecule has 1 unspecified atom stereocenters. The molecule has 4 heteroatoms. The Bertz CT molecular complexity index is 614. The van der Waals surface area contributed by atoms with Crippen LogP contribution in [0.5, 0.6) is 0 Å². The average Bonchev–Trinajstić information content (AvgIpc) is 2.85. The summed E-state index contributed by atoms with van der Waals surface area (Å²) in [5.41, 5.74) is 8.63. The lowest BCUT2D eigenvalue weighted by molar-refractivity contribution is -0.0584. The first kappa shape index (κ1) is 14.5. The minimum Gasteiger partial charge on any atom is -0.377 e. The Morgan fingerprint density at radius 1 is 1.29 bits per heavy atom. The molecule has 1 atom stereocenters. The average molecular weight is 287 g/mol. The molecule has 21 heavy (non-hydrogen) atoms. The minimum atomic E-state index is -0.170. The number of aromatic nitrogens is 2. The van der Waals surface area contributed by atoms with Gasteiger partial charge < -0.3 is 10.5 Å². The third kappa shape index (κ3) is 2.58. The van der Waals surface area contributed by atoms with E-state index in [0.717, 1.165) is 30.5 Å². The number of rotatable bonds is 4. The van der Waals surface area contributed by atoms with Crippen LogP contribution in [0.15, 0.2) is 24.3 Å². The van der Waals surface area contributed by atoms with Crippen LogP contribution < -0.4 is 5.73 Å². The van der Waals surface area contributed by atoms with Gasteiger partial charge in [-0.15, -0.1) is 0 Å². The van der Waals surface area contributed by atoms with E-state index in [1.807, 2.05) is 24.9 Å². The number of ether oxygens (including phenoxy) is 1. The molecule has 1 aromatic carbocycles. The number of nitrogens with two attached hydrogens (primary N) is 1. The quantitative estimate of drug-likeness (QED) is 0.940. The Morgan fingerprint density at radius 3 is 2.71 bits per heavy atom. The van der Waals surface area contributed by atoms with Crippen LogP contribution in [0, 0.1) is 0 Å². The summed E-state index contributed by atoms with van der Waals surface area (Å²) in [6.07, 6.45) is 6.62. The lowest BCUT2D eigenvalue weighted by atomic mass is 9.78. The first-order valence-electron chi connectivity index (χ1n) is 7.88. The lowest BCUT2D eigenvalue weighted by Gasteiger charge is -2.40. The fourth-order valence-corrected chi connectivity index (χ4v) is 3.71. The summed E-state index contributed by atoms with van der Waals surface area (Å²) in [4.78, 5) is 0. The third-order valence-electron chi connectivity index (χ3n) is 5.03. The Labute approximate surface area is 126 Å². The topological polar surface area (TPSA) is 53.1 Å². The maximum Gasteiger partial charge on any atom is 0.0832 e. The van der Waals surface area contributed by atoms with Crippen molar-refractivity contribution in [2.75, 3.05) is 7.11 Å². The molecule has 0 radical (unpaired) electrons. The van der Waals surface area contributed by atoms with Gasteiger partial charge in [0.05, 0.1) is 16.8 Å². The molecule has 3 rings (SSSR count). The van der Waals surface area contributed by atoms with E-state index in [1.165, 1.54) is 24.6 Å². The maximum absolute atomic E-state index is 6.55. The number of benzene rings is 1. The summed E-state index contributed by atoms with van der Waals surface area (Å²) in [6, 6.07) is 8.34. The smallest absolute Gasteiger partial charge is 0.0832 e. The van der Waals surface area contributed by atoms with Gasteiger partial charge in [0.1, 0.15) is 0 Å². The second-order valence-electron chi connectivity index (χ2n) is 6.23. The number of para-hydroxylation sites is 1. The predicted molar refractivity (Wildman–Crippen MR) is 85.2 cm³/mol. The molecule has 114 valence electrons. The van der Waals surface area contributed by atoms with Gasteiger partial charge in [-0.3, -0.25) is 4.68 Å². The first-order valence-corrected chi connectivity index (χ1v) is 7.88. The summed E-state index contributed by atoms with van der Waals surface area (Å²) in [6.45, 7) is 0. The molecule has 0 aliphatic heterocycles. The van der Waals surface area contributed by atoms with E-state index in [4.69, 9.17) is 10.5 Å². The maximum atomic E-state index is 6.55. The Morgan fingerprint density at radius 2 is 2.00 bits per heavy atom. The molecule has 4 nitrogen and oxygen atoms in total. The number of nitrogens with zero attached hydrogens (tertiary/aromatic N) is 2. The molecule has 2 N–H and O–H groups in total. The molecule has 1 aliphatic rings. The predicted octanol–water partition coefficient (Wildman–Crippen LogP) is 2.79. The van der Waals surface area contributed by atoms with Crippen molar-refractivity contribution in [1.29, 1.82) is 0 Å². The van der Waals surface area contributed by atoms with Crippen molar-refractivity contribution < 1.29 is 4.74 Å². The minimum absolute atomic E-state index is 0.00102. The molecule has 1 fully saturated rings. The van der Waals surface area contributed by atoms with E-state index in [-0.39, 0.29) is 11.6 Å². The van der Waals surface area contributed by atoms with Gasteiger partial charge in [0.2, 0.25) is 0 Å². The largest absolute Gasteiger partial charge is 0.377 e. The zero-order valence-electron chi connectivity index (χ0n) is 13.0. The second-order valence-corrected chi connectivity index (χ2v) is 6.23. The normalized spacial score (nSPS) is 19.8. The summed E-state index contributed by atoms with van der Waals surface area (Å²) in [5, 5.41) is 5.88. The van der Waals surface area contributed by atoms with Gasteiger partial charge in [0, 0.05) is 32.0 Å².